The monoisotopic (exact) mass is 313 g/mol. The highest BCUT2D eigenvalue weighted by atomic mass is 35.5. The molecule has 6 nitrogen and oxygen atoms in total. The van der Waals surface area contributed by atoms with Crippen molar-refractivity contribution in [2.24, 2.45) is 5.73 Å². The number of carbonyl (C=O) groups is 2. The Morgan fingerprint density at radius 2 is 2.05 bits per heavy atom. The third-order valence-corrected chi connectivity index (χ3v) is 3.18. The Kier molecular flexibility index (Phi) is 7.14. The zero-order chi connectivity index (χ0) is 15.8. The molecule has 0 fully saturated rings. The molecule has 1 atom stereocenters. The van der Waals surface area contributed by atoms with Gasteiger partial charge in [-0.1, -0.05) is 18.5 Å². The average Bonchev–Trinajstić information content (AvgIpc) is 2.48. The van der Waals surface area contributed by atoms with Crippen LogP contribution in [0.4, 0.5) is 11.4 Å². The van der Waals surface area contributed by atoms with E-state index in [4.69, 9.17) is 22.1 Å². The summed E-state index contributed by atoms with van der Waals surface area (Å²) >= 11 is 6.03. The summed E-state index contributed by atoms with van der Waals surface area (Å²) in [5.74, 6) is -0.370. The Balaban J connectivity index is 2.75. The maximum atomic E-state index is 11.9. The van der Waals surface area contributed by atoms with Crippen molar-refractivity contribution >= 4 is 34.8 Å². The van der Waals surface area contributed by atoms with Crippen LogP contribution < -0.4 is 16.4 Å². The summed E-state index contributed by atoms with van der Waals surface area (Å²) in [7, 11) is 1.50. The number of halogens is 1. The van der Waals surface area contributed by atoms with E-state index in [1.54, 1.807) is 25.1 Å². The van der Waals surface area contributed by atoms with Gasteiger partial charge in [0.2, 0.25) is 11.8 Å². The van der Waals surface area contributed by atoms with E-state index in [-0.39, 0.29) is 30.9 Å². The van der Waals surface area contributed by atoms with E-state index >= 15 is 0 Å². The molecule has 0 heterocycles. The summed E-state index contributed by atoms with van der Waals surface area (Å²) in [6.07, 6.45) is 0.164. The fourth-order valence-corrected chi connectivity index (χ4v) is 1.78. The van der Waals surface area contributed by atoms with Gasteiger partial charge in [-0.25, -0.2) is 0 Å². The molecule has 0 saturated carbocycles. The van der Waals surface area contributed by atoms with Gasteiger partial charge < -0.3 is 21.1 Å². The van der Waals surface area contributed by atoms with Gasteiger partial charge in [0.1, 0.15) is 0 Å². The molecule has 0 saturated heterocycles. The van der Waals surface area contributed by atoms with Gasteiger partial charge in [-0.2, -0.15) is 0 Å². The third kappa shape index (κ3) is 5.71. The van der Waals surface area contributed by atoms with Crippen LogP contribution >= 0.6 is 11.6 Å². The van der Waals surface area contributed by atoms with Crippen LogP contribution in [0.5, 0.6) is 0 Å². The first-order valence-corrected chi connectivity index (χ1v) is 7.00. The number of hydrogen-bond donors (Lipinski definition) is 3. The Hall–Kier alpha value is -1.63. The molecular formula is C14H20ClN3O3. The number of amides is 2. The van der Waals surface area contributed by atoms with E-state index < -0.39 is 0 Å². The van der Waals surface area contributed by atoms with Crippen LogP contribution in [0, 0.1) is 0 Å². The second-order valence-electron chi connectivity index (χ2n) is 4.44. The van der Waals surface area contributed by atoms with E-state index in [1.807, 2.05) is 0 Å². The normalized spacial score (nSPS) is 11.8. The summed E-state index contributed by atoms with van der Waals surface area (Å²) < 4.78 is 5.05. The van der Waals surface area contributed by atoms with Crippen molar-refractivity contribution in [2.75, 3.05) is 24.3 Å². The fraction of sp³-hybridized carbons (Fsp3) is 0.429. The molecule has 2 amide bonds. The molecule has 0 aliphatic heterocycles. The molecule has 0 bridgehead atoms. The summed E-state index contributed by atoms with van der Waals surface area (Å²) in [6.45, 7) is 2.01. The van der Waals surface area contributed by atoms with E-state index in [0.29, 0.717) is 22.8 Å². The van der Waals surface area contributed by atoms with Crippen LogP contribution in [-0.4, -0.2) is 31.6 Å². The Labute approximate surface area is 129 Å². The molecule has 0 aliphatic rings. The van der Waals surface area contributed by atoms with Gasteiger partial charge >= 0.3 is 0 Å². The lowest BCUT2D eigenvalue weighted by molar-refractivity contribution is -0.118. The first-order valence-electron chi connectivity index (χ1n) is 6.62. The third-order valence-electron chi connectivity index (χ3n) is 2.85. The highest BCUT2D eigenvalue weighted by molar-refractivity contribution is 6.33. The molecule has 1 rings (SSSR count). The maximum Gasteiger partial charge on any atom is 0.227 e. The zero-order valence-corrected chi connectivity index (χ0v) is 12.9. The first-order chi connectivity index (χ1) is 9.99. The number of carbonyl (C=O) groups excluding carboxylic acids is 2. The Bertz CT molecular complexity index is 504. The molecule has 0 aliphatic carbocycles. The molecule has 0 spiro atoms. The van der Waals surface area contributed by atoms with Crippen LogP contribution in [0.1, 0.15) is 19.8 Å². The van der Waals surface area contributed by atoms with Gasteiger partial charge in [0.05, 0.1) is 23.2 Å². The van der Waals surface area contributed by atoms with Gasteiger partial charge in [0, 0.05) is 25.8 Å². The second-order valence-corrected chi connectivity index (χ2v) is 4.85. The SMILES string of the molecule is CCC(=O)Nc1ccc(Cl)c(NC(=O)CC(CN)OC)c1. The highest BCUT2D eigenvalue weighted by Gasteiger charge is 2.13. The van der Waals surface area contributed by atoms with Crippen molar-refractivity contribution in [2.45, 2.75) is 25.9 Å². The number of rotatable bonds is 7. The van der Waals surface area contributed by atoms with Crippen molar-refractivity contribution in [3.8, 4) is 0 Å². The first kappa shape index (κ1) is 17.4. The van der Waals surface area contributed by atoms with Crippen molar-refractivity contribution in [3.63, 3.8) is 0 Å². The summed E-state index contributed by atoms with van der Waals surface area (Å²) in [4.78, 5) is 23.3. The molecule has 4 N–H and O–H groups in total. The van der Waals surface area contributed by atoms with Crippen LogP contribution in [0.2, 0.25) is 5.02 Å². The number of nitrogens with one attached hydrogen (secondary N) is 2. The summed E-state index contributed by atoms with van der Waals surface area (Å²) in [6, 6.07) is 4.89. The quantitative estimate of drug-likeness (QED) is 0.717. The number of ether oxygens (including phenoxy) is 1. The zero-order valence-electron chi connectivity index (χ0n) is 12.1. The minimum Gasteiger partial charge on any atom is -0.380 e. The molecule has 1 aromatic rings. The topological polar surface area (TPSA) is 93.5 Å². The number of methoxy groups -OCH3 is 1. The fourth-order valence-electron chi connectivity index (χ4n) is 1.62. The lowest BCUT2D eigenvalue weighted by Gasteiger charge is -2.14. The largest absolute Gasteiger partial charge is 0.380 e. The summed E-state index contributed by atoms with van der Waals surface area (Å²) in [5, 5.41) is 5.77. The second kappa shape index (κ2) is 8.61. The van der Waals surface area contributed by atoms with Crippen LogP contribution in [0.25, 0.3) is 0 Å². The molecule has 21 heavy (non-hydrogen) atoms. The highest BCUT2D eigenvalue weighted by Crippen LogP contribution is 2.26. The Morgan fingerprint density at radius 3 is 2.62 bits per heavy atom. The summed E-state index contributed by atoms with van der Waals surface area (Å²) in [5.41, 5.74) is 6.48. The smallest absolute Gasteiger partial charge is 0.227 e. The standard InChI is InChI=1S/C14H20ClN3O3/c1-3-13(19)17-9-4-5-11(15)12(6-9)18-14(20)7-10(8-16)21-2/h4-6,10H,3,7-8,16H2,1-2H3,(H,17,19)(H,18,20). The van der Waals surface area contributed by atoms with E-state index in [1.165, 1.54) is 7.11 Å². The van der Waals surface area contributed by atoms with Crippen molar-refractivity contribution in [1.82, 2.24) is 0 Å². The lowest BCUT2D eigenvalue weighted by Crippen LogP contribution is -2.28. The minimum absolute atomic E-state index is 0.114. The molecule has 7 heteroatoms. The minimum atomic E-state index is -0.341. The number of benzene rings is 1. The van der Waals surface area contributed by atoms with Crippen LogP contribution in [-0.2, 0) is 14.3 Å². The van der Waals surface area contributed by atoms with Gasteiger partial charge in [-0.15, -0.1) is 0 Å². The average molecular weight is 314 g/mol. The molecule has 1 aromatic carbocycles. The van der Waals surface area contributed by atoms with Crippen LogP contribution in [0.15, 0.2) is 18.2 Å². The number of anilines is 2. The van der Waals surface area contributed by atoms with Crippen molar-refractivity contribution in [1.29, 1.82) is 0 Å². The van der Waals surface area contributed by atoms with Gasteiger partial charge in [-0.3, -0.25) is 9.59 Å². The predicted molar refractivity (Wildman–Crippen MR) is 83.5 cm³/mol. The van der Waals surface area contributed by atoms with E-state index in [0.717, 1.165) is 0 Å². The number of nitrogens with two attached hydrogens (primary N) is 1. The van der Waals surface area contributed by atoms with Crippen molar-refractivity contribution in [3.05, 3.63) is 23.2 Å². The van der Waals surface area contributed by atoms with Gasteiger partial charge in [-0.05, 0) is 18.2 Å². The Morgan fingerprint density at radius 1 is 1.33 bits per heavy atom. The molecule has 0 radical (unpaired) electrons. The lowest BCUT2D eigenvalue weighted by atomic mass is 10.2. The van der Waals surface area contributed by atoms with Crippen LogP contribution in [0.3, 0.4) is 0 Å². The van der Waals surface area contributed by atoms with Gasteiger partial charge in [0.25, 0.3) is 0 Å². The maximum absolute atomic E-state index is 11.9. The predicted octanol–water partition coefficient (Wildman–Crippen LogP) is 1.99. The molecule has 1 unspecified atom stereocenters. The van der Waals surface area contributed by atoms with Gasteiger partial charge in [0.15, 0.2) is 0 Å². The van der Waals surface area contributed by atoms with E-state index in [9.17, 15) is 9.59 Å². The molecular weight excluding hydrogens is 294 g/mol. The van der Waals surface area contributed by atoms with E-state index in [2.05, 4.69) is 10.6 Å². The number of hydrogen-bond acceptors (Lipinski definition) is 4. The molecule has 116 valence electrons. The van der Waals surface area contributed by atoms with Crippen molar-refractivity contribution < 1.29 is 14.3 Å². The molecule has 0 aromatic heterocycles.